The molecule has 0 saturated carbocycles. The van der Waals surface area contributed by atoms with Gasteiger partial charge in [0.1, 0.15) is 5.60 Å². The Labute approximate surface area is 123 Å². The fourth-order valence-corrected chi connectivity index (χ4v) is 8.39. The first-order valence-electron chi connectivity index (χ1n) is 7.16. The van der Waals surface area contributed by atoms with Gasteiger partial charge in [0.25, 0.3) is 0 Å². The molecule has 19 heavy (non-hydrogen) atoms. The van der Waals surface area contributed by atoms with Crippen LogP contribution in [-0.2, 0) is 9.53 Å². The number of esters is 1. The van der Waals surface area contributed by atoms with Gasteiger partial charge in [-0.2, -0.15) is 11.8 Å². The second-order valence-corrected chi connectivity index (χ2v) is 9.90. The van der Waals surface area contributed by atoms with Crippen molar-refractivity contribution in [3.8, 4) is 0 Å². The largest absolute Gasteiger partial charge is 0.460 e. The molecule has 4 rings (SSSR count). The number of carbonyl (C=O) groups excluding carboxylic acids is 1. The number of hydrogen-bond acceptors (Lipinski definition) is 4. The third kappa shape index (κ3) is 1.82. The van der Waals surface area contributed by atoms with Gasteiger partial charge in [-0.25, -0.2) is 0 Å². The lowest BCUT2D eigenvalue weighted by atomic mass is 9.69. The molecule has 0 aliphatic carbocycles. The van der Waals surface area contributed by atoms with Crippen molar-refractivity contribution in [3.63, 3.8) is 0 Å². The zero-order valence-corrected chi connectivity index (χ0v) is 13.2. The minimum absolute atomic E-state index is 0.0442. The highest BCUT2D eigenvalue weighted by Crippen LogP contribution is 2.66. The second kappa shape index (κ2) is 3.97. The Kier molecular flexibility index (Phi) is 2.64. The third-order valence-electron chi connectivity index (χ3n) is 4.74. The van der Waals surface area contributed by atoms with Crippen LogP contribution in [0, 0.1) is 17.8 Å². The van der Waals surface area contributed by atoms with E-state index in [0.717, 1.165) is 23.5 Å². The fourth-order valence-electron chi connectivity index (χ4n) is 4.18. The van der Waals surface area contributed by atoms with Gasteiger partial charge in [-0.1, -0.05) is 12.2 Å². The van der Waals surface area contributed by atoms with E-state index in [-0.39, 0.29) is 17.5 Å². The van der Waals surface area contributed by atoms with Crippen LogP contribution in [0.4, 0.5) is 0 Å². The van der Waals surface area contributed by atoms with Crippen molar-refractivity contribution >= 4 is 29.5 Å². The number of ether oxygens (including phenoxy) is 1. The Morgan fingerprint density at radius 3 is 2.53 bits per heavy atom. The molecule has 0 aromatic heterocycles. The fraction of sp³-hybridized carbons (Fsp3) is 0.800. The van der Waals surface area contributed by atoms with Crippen molar-refractivity contribution in [1.82, 2.24) is 0 Å². The molecule has 0 radical (unpaired) electrons. The molecule has 4 aliphatic heterocycles. The summed E-state index contributed by atoms with van der Waals surface area (Å²) in [5.41, 5.74) is -0.355. The van der Waals surface area contributed by atoms with E-state index in [1.165, 1.54) is 0 Å². The molecule has 4 heterocycles. The van der Waals surface area contributed by atoms with E-state index >= 15 is 0 Å². The minimum atomic E-state index is -0.355. The number of rotatable bonds is 1. The van der Waals surface area contributed by atoms with Gasteiger partial charge >= 0.3 is 5.97 Å². The average Bonchev–Trinajstić information content (AvgIpc) is 3.04. The van der Waals surface area contributed by atoms with Crippen molar-refractivity contribution in [2.24, 2.45) is 17.8 Å². The van der Waals surface area contributed by atoms with Crippen LogP contribution in [0.15, 0.2) is 12.2 Å². The molecule has 0 N–H and O–H groups in total. The summed E-state index contributed by atoms with van der Waals surface area (Å²) in [7, 11) is 0. The highest BCUT2D eigenvalue weighted by Gasteiger charge is 2.64. The molecular formula is C15H20O2S2. The number of thioether (sulfide) groups is 2. The van der Waals surface area contributed by atoms with Crippen molar-refractivity contribution in [3.05, 3.63) is 12.2 Å². The highest BCUT2D eigenvalue weighted by atomic mass is 32.2. The van der Waals surface area contributed by atoms with Gasteiger partial charge in [-0.15, -0.1) is 11.8 Å². The van der Waals surface area contributed by atoms with E-state index in [2.05, 4.69) is 35.7 Å². The zero-order chi connectivity index (χ0) is 13.4. The molecule has 0 amide bonds. The molecule has 104 valence electrons. The Hall–Kier alpha value is -0.0900. The molecule has 2 nitrogen and oxygen atoms in total. The van der Waals surface area contributed by atoms with Gasteiger partial charge in [0.2, 0.25) is 0 Å². The van der Waals surface area contributed by atoms with Crippen LogP contribution in [0.5, 0.6) is 0 Å². The lowest BCUT2D eigenvalue weighted by Gasteiger charge is -2.34. The van der Waals surface area contributed by atoms with Gasteiger partial charge in [0.15, 0.2) is 0 Å². The zero-order valence-electron chi connectivity index (χ0n) is 11.5. The van der Waals surface area contributed by atoms with Crippen molar-refractivity contribution in [2.45, 2.75) is 53.8 Å². The molecule has 3 fully saturated rings. The Morgan fingerprint density at radius 2 is 1.84 bits per heavy atom. The van der Waals surface area contributed by atoms with Crippen LogP contribution in [-0.4, -0.2) is 32.6 Å². The summed E-state index contributed by atoms with van der Waals surface area (Å²) in [6.07, 6.45) is 5.83. The van der Waals surface area contributed by atoms with Gasteiger partial charge in [-0.3, -0.25) is 4.79 Å². The third-order valence-corrected chi connectivity index (χ3v) is 8.13. The molecule has 4 aliphatic rings. The summed E-state index contributed by atoms with van der Waals surface area (Å²) in [5, 5.41) is 2.61. The van der Waals surface area contributed by atoms with Crippen molar-refractivity contribution in [2.75, 3.05) is 0 Å². The quantitative estimate of drug-likeness (QED) is 0.548. The SMILES string of the molecule is CC(C)(C)OC(=O)C1CC2SC1C1C3C=CC(S3)C21. The lowest BCUT2D eigenvalue weighted by Crippen LogP contribution is -2.42. The van der Waals surface area contributed by atoms with Gasteiger partial charge in [0, 0.05) is 21.0 Å². The van der Waals surface area contributed by atoms with Crippen molar-refractivity contribution in [1.29, 1.82) is 0 Å². The Balaban J connectivity index is 1.54. The first kappa shape index (κ1) is 12.6. The summed E-state index contributed by atoms with van der Waals surface area (Å²) in [6, 6.07) is 0. The maximum absolute atomic E-state index is 12.4. The summed E-state index contributed by atoms with van der Waals surface area (Å²) < 4.78 is 5.63. The van der Waals surface area contributed by atoms with E-state index < -0.39 is 0 Å². The monoisotopic (exact) mass is 296 g/mol. The lowest BCUT2D eigenvalue weighted by molar-refractivity contribution is -0.161. The number of fused-ring (bicyclic) bond motifs is 9. The molecule has 7 unspecified atom stereocenters. The number of hydrogen-bond donors (Lipinski definition) is 0. The van der Waals surface area contributed by atoms with Gasteiger partial charge in [0.05, 0.1) is 5.92 Å². The molecule has 7 atom stereocenters. The normalized spacial score (nSPS) is 49.7. The second-order valence-electron chi connectivity index (χ2n) is 7.12. The van der Waals surface area contributed by atoms with Crippen LogP contribution in [0.25, 0.3) is 0 Å². The Bertz CT molecular complexity index is 454. The van der Waals surface area contributed by atoms with Crippen LogP contribution in [0.2, 0.25) is 0 Å². The van der Waals surface area contributed by atoms with Crippen LogP contribution in [0.3, 0.4) is 0 Å². The molecular weight excluding hydrogens is 276 g/mol. The Morgan fingerprint density at radius 1 is 1.16 bits per heavy atom. The molecule has 3 saturated heterocycles. The summed E-state index contributed by atoms with van der Waals surface area (Å²) >= 11 is 4.20. The summed E-state index contributed by atoms with van der Waals surface area (Å²) in [6.45, 7) is 5.89. The number of carbonyl (C=O) groups is 1. The smallest absolute Gasteiger partial charge is 0.310 e. The summed E-state index contributed by atoms with van der Waals surface area (Å²) in [5.74, 6) is 1.74. The van der Waals surface area contributed by atoms with E-state index in [1.807, 2.05) is 20.8 Å². The predicted octanol–water partition coefficient (Wildman–Crippen LogP) is 3.12. The van der Waals surface area contributed by atoms with Crippen molar-refractivity contribution < 1.29 is 9.53 Å². The topological polar surface area (TPSA) is 26.3 Å². The van der Waals surface area contributed by atoms with E-state index in [4.69, 9.17) is 4.74 Å². The van der Waals surface area contributed by atoms with E-state index in [0.29, 0.717) is 15.7 Å². The minimum Gasteiger partial charge on any atom is -0.460 e. The predicted molar refractivity (Wildman–Crippen MR) is 80.4 cm³/mol. The van der Waals surface area contributed by atoms with Crippen LogP contribution in [0.1, 0.15) is 27.2 Å². The highest BCUT2D eigenvalue weighted by molar-refractivity contribution is 8.03. The van der Waals surface area contributed by atoms with Crippen LogP contribution >= 0.6 is 23.5 Å². The van der Waals surface area contributed by atoms with Crippen LogP contribution < -0.4 is 0 Å². The maximum Gasteiger partial charge on any atom is 0.310 e. The maximum atomic E-state index is 12.4. The van der Waals surface area contributed by atoms with Gasteiger partial charge < -0.3 is 4.74 Å². The van der Waals surface area contributed by atoms with E-state index in [1.54, 1.807) is 0 Å². The average molecular weight is 296 g/mol. The molecule has 0 spiro atoms. The van der Waals surface area contributed by atoms with E-state index in [9.17, 15) is 4.79 Å². The molecule has 4 bridgehead atoms. The summed E-state index contributed by atoms with van der Waals surface area (Å²) in [4.78, 5) is 12.4. The first-order chi connectivity index (χ1) is 8.94. The molecule has 4 heteroatoms. The van der Waals surface area contributed by atoms with Gasteiger partial charge in [-0.05, 0) is 39.0 Å². The standard InChI is InChI=1S/C15H20O2S2/c1-15(2,3)17-14(16)7-6-10-11-8-4-5-9(18-8)12(11)13(7)19-10/h4-5,7-13H,6H2,1-3H3. The first-order valence-corrected chi connectivity index (χ1v) is 9.05. The molecule has 0 aromatic carbocycles. The molecule has 0 aromatic rings.